The lowest BCUT2D eigenvalue weighted by Crippen LogP contribution is -1.93. The van der Waals surface area contributed by atoms with Crippen molar-refractivity contribution in [3.63, 3.8) is 0 Å². The Hall–Kier alpha value is -2.43. The molecule has 0 unspecified atom stereocenters. The first-order chi connectivity index (χ1) is 10.3. The van der Waals surface area contributed by atoms with Gasteiger partial charge in [0.05, 0.1) is 24.6 Å². The minimum Gasteiger partial charge on any atom is -0.392 e. The number of hydrogen-bond acceptors (Lipinski definition) is 3. The topological polar surface area (TPSA) is 69.1 Å². The van der Waals surface area contributed by atoms with E-state index in [1.54, 1.807) is 12.4 Å². The molecule has 21 heavy (non-hydrogen) atoms. The first-order valence-corrected chi connectivity index (χ1v) is 6.76. The maximum atomic E-state index is 9.71. The van der Waals surface area contributed by atoms with Gasteiger partial charge in [-0.3, -0.25) is 4.98 Å². The van der Waals surface area contributed by atoms with Crippen molar-refractivity contribution in [1.29, 1.82) is 0 Å². The lowest BCUT2D eigenvalue weighted by molar-refractivity contribution is 0.262. The Morgan fingerprint density at radius 3 is 1.81 bits per heavy atom. The second kappa shape index (κ2) is 5.91. The zero-order valence-corrected chi connectivity index (χ0v) is 11.5. The van der Waals surface area contributed by atoms with Crippen molar-refractivity contribution in [2.45, 2.75) is 13.2 Å². The fraction of sp³-hybridized carbons (Fsp3) is 0.118. The lowest BCUT2D eigenvalue weighted by atomic mass is 10.0. The Morgan fingerprint density at radius 2 is 1.29 bits per heavy atom. The van der Waals surface area contributed by atoms with E-state index in [0.29, 0.717) is 0 Å². The van der Waals surface area contributed by atoms with Crippen LogP contribution in [0.2, 0.25) is 0 Å². The summed E-state index contributed by atoms with van der Waals surface area (Å²) < 4.78 is 0. The van der Waals surface area contributed by atoms with Gasteiger partial charge in [0.15, 0.2) is 0 Å². The molecule has 0 radical (unpaired) electrons. The van der Waals surface area contributed by atoms with Gasteiger partial charge in [-0.2, -0.15) is 0 Å². The highest BCUT2D eigenvalue weighted by molar-refractivity contribution is 5.75. The Morgan fingerprint density at radius 1 is 0.762 bits per heavy atom. The molecule has 0 fully saturated rings. The SMILES string of the molecule is OCc1c(-c2ccccc2)[nH]c(-c2ccncc2)c1CO. The van der Waals surface area contributed by atoms with E-state index in [4.69, 9.17) is 0 Å². The molecular weight excluding hydrogens is 264 g/mol. The molecular formula is C17H16N2O2. The number of rotatable bonds is 4. The van der Waals surface area contributed by atoms with Crippen LogP contribution in [-0.4, -0.2) is 20.2 Å². The third-order valence-corrected chi connectivity index (χ3v) is 3.57. The van der Waals surface area contributed by atoms with Gasteiger partial charge >= 0.3 is 0 Å². The van der Waals surface area contributed by atoms with Crippen molar-refractivity contribution >= 4 is 0 Å². The predicted molar refractivity (Wildman–Crippen MR) is 81.3 cm³/mol. The van der Waals surface area contributed by atoms with Gasteiger partial charge in [0.2, 0.25) is 0 Å². The van der Waals surface area contributed by atoms with Gasteiger partial charge < -0.3 is 15.2 Å². The fourth-order valence-corrected chi connectivity index (χ4v) is 2.54. The molecule has 1 aromatic carbocycles. The number of nitrogens with one attached hydrogen (secondary N) is 1. The van der Waals surface area contributed by atoms with Crippen LogP contribution in [-0.2, 0) is 13.2 Å². The number of pyridine rings is 1. The molecule has 0 saturated heterocycles. The van der Waals surface area contributed by atoms with E-state index < -0.39 is 0 Å². The van der Waals surface area contributed by atoms with Crippen LogP contribution in [0, 0.1) is 0 Å². The number of aliphatic hydroxyl groups excluding tert-OH is 2. The Bertz CT molecular complexity index is 659. The molecule has 4 heteroatoms. The quantitative estimate of drug-likeness (QED) is 0.688. The number of aliphatic hydroxyl groups is 2. The third kappa shape index (κ3) is 2.46. The van der Waals surface area contributed by atoms with Crippen molar-refractivity contribution in [3.05, 3.63) is 66.0 Å². The molecule has 0 aliphatic heterocycles. The Kier molecular flexibility index (Phi) is 3.81. The highest BCUT2D eigenvalue weighted by Gasteiger charge is 2.18. The van der Waals surface area contributed by atoms with E-state index in [1.807, 2.05) is 42.5 Å². The molecule has 0 amide bonds. The first kappa shape index (κ1) is 13.5. The molecule has 2 aromatic heterocycles. The van der Waals surface area contributed by atoms with Gasteiger partial charge in [-0.25, -0.2) is 0 Å². The number of hydrogen-bond donors (Lipinski definition) is 3. The first-order valence-electron chi connectivity index (χ1n) is 6.76. The van der Waals surface area contributed by atoms with Crippen LogP contribution in [0.3, 0.4) is 0 Å². The lowest BCUT2D eigenvalue weighted by Gasteiger charge is -2.03. The summed E-state index contributed by atoms with van der Waals surface area (Å²) in [6.45, 7) is -0.251. The van der Waals surface area contributed by atoms with E-state index in [1.165, 1.54) is 0 Å². The molecule has 0 aliphatic carbocycles. The zero-order valence-electron chi connectivity index (χ0n) is 11.5. The summed E-state index contributed by atoms with van der Waals surface area (Å²) in [6.07, 6.45) is 3.41. The predicted octanol–water partition coefficient (Wildman–Crippen LogP) is 2.73. The molecule has 0 aliphatic rings. The molecule has 0 spiro atoms. The summed E-state index contributed by atoms with van der Waals surface area (Å²) in [5.41, 5.74) is 5.04. The van der Waals surface area contributed by atoms with Gasteiger partial charge in [-0.1, -0.05) is 30.3 Å². The summed E-state index contributed by atoms with van der Waals surface area (Å²) in [7, 11) is 0. The summed E-state index contributed by atoms with van der Waals surface area (Å²) in [5.74, 6) is 0. The van der Waals surface area contributed by atoms with Gasteiger partial charge in [-0.05, 0) is 17.7 Å². The second-order valence-corrected chi connectivity index (χ2v) is 4.75. The average molecular weight is 280 g/mol. The van der Waals surface area contributed by atoms with Crippen LogP contribution < -0.4 is 0 Å². The van der Waals surface area contributed by atoms with E-state index in [-0.39, 0.29) is 13.2 Å². The molecule has 106 valence electrons. The van der Waals surface area contributed by atoms with Crippen molar-refractivity contribution in [3.8, 4) is 22.5 Å². The van der Waals surface area contributed by atoms with Gasteiger partial charge in [-0.15, -0.1) is 0 Å². The molecule has 0 atom stereocenters. The molecule has 0 bridgehead atoms. The van der Waals surface area contributed by atoms with Crippen molar-refractivity contribution in [2.75, 3.05) is 0 Å². The highest BCUT2D eigenvalue weighted by atomic mass is 16.3. The van der Waals surface area contributed by atoms with Gasteiger partial charge in [0.25, 0.3) is 0 Å². The van der Waals surface area contributed by atoms with Crippen LogP contribution in [0.4, 0.5) is 0 Å². The van der Waals surface area contributed by atoms with E-state index in [0.717, 1.165) is 33.6 Å². The largest absolute Gasteiger partial charge is 0.392 e. The number of aromatic nitrogens is 2. The minimum atomic E-state index is -0.128. The maximum absolute atomic E-state index is 9.71. The van der Waals surface area contributed by atoms with Gasteiger partial charge in [0, 0.05) is 29.1 Å². The van der Waals surface area contributed by atoms with Crippen molar-refractivity contribution < 1.29 is 10.2 Å². The zero-order chi connectivity index (χ0) is 14.7. The van der Waals surface area contributed by atoms with Crippen LogP contribution in [0.25, 0.3) is 22.5 Å². The summed E-state index contributed by atoms with van der Waals surface area (Å²) in [4.78, 5) is 7.35. The molecule has 3 rings (SSSR count). The summed E-state index contributed by atoms with van der Waals surface area (Å²) in [5, 5.41) is 19.4. The van der Waals surface area contributed by atoms with Crippen molar-refractivity contribution in [2.24, 2.45) is 0 Å². The van der Waals surface area contributed by atoms with E-state index >= 15 is 0 Å². The third-order valence-electron chi connectivity index (χ3n) is 3.57. The molecule has 0 saturated carbocycles. The summed E-state index contributed by atoms with van der Waals surface area (Å²) >= 11 is 0. The van der Waals surface area contributed by atoms with Gasteiger partial charge in [0.1, 0.15) is 0 Å². The normalized spacial score (nSPS) is 10.8. The molecule has 4 nitrogen and oxygen atoms in total. The molecule has 3 aromatic rings. The maximum Gasteiger partial charge on any atom is 0.0706 e. The smallest absolute Gasteiger partial charge is 0.0706 e. The second-order valence-electron chi connectivity index (χ2n) is 4.75. The average Bonchev–Trinajstić information content (AvgIpc) is 2.95. The number of aromatic amines is 1. The number of nitrogens with zero attached hydrogens (tertiary/aromatic N) is 1. The molecule has 2 heterocycles. The van der Waals surface area contributed by atoms with Crippen LogP contribution in [0.15, 0.2) is 54.9 Å². The number of H-pyrrole nitrogens is 1. The fourth-order valence-electron chi connectivity index (χ4n) is 2.54. The minimum absolute atomic E-state index is 0.123. The van der Waals surface area contributed by atoms with Crippen LogP contribution in [0.5, 0.6) is 0 Å². The van der Waals surface area contributed by atoms with Crippen LogP contribution in [0.1, 0.15) is 11.1 Å². The standard InChI is InChI=1S/C17H16N2O2/c20-10-14-15(11-21)17(13-6-8-18-9-7-13)19-16(14)12-4-2-1-3-5-12/h1-9,19-21H,10-11H2. The Labute approximate surface area is 122 Å². The molecule has 3 N–H and O–H groups in total. The Balaban J connectivity index is 2.21. The van der Waals surface area contributed by atoms with Crippen molar-refractivity contribution in [1.82, 2.24) is 9.97 Å². The highest BCUT2D eigenvalue weighted by Crippen LogP contribution is 2.33. The van der Waals surface area contributed by atoms with Crippen LogP contribution >= 0.6 is 0 Å². The monoisotopic (exact) mass is 280 g/mol. The number of benzene rings is 1. The summed E-state index contributed by atoms with van der Waals surface area (Å²) in [6, 6.07) is 13.5. The van der Waals surface area contributed by atoms with E-state index in [2.05, 4.69) is 9.97 Å². The van der Waals surface area contributed by atoms with E-state index in [9.17, 15) is 10.2 Å².